The number of amides is 1. The highest BCUT2D eigenvalue weighted by Crippen LogP contribution is 2.13. The van der Waals surface area contributed by atoms with Crippen LogP contribution in [0.2, 0.25) is 0 Å². The van der Waals surface area contributed by atoms with Crippen molar-refractivity contribution in [1.29, 1.82) is 0 Å². The Hall–Kier alpha value is -0.530. The standard InChI is InChI=1S/C7H13NO/c1-2-6-3-4-7(9)8-5-6/h6H,2-5H2,1H3,(H,8,9). The molecule has 0 saturated carbocycles. The van der Waals surface area contributed by atoms with E-state index in [0.717, 1.165) is 25.3 Å². The van der Waals surface area contributed by atoms with Crippen molar-refractivity contribution in [1.82, 2.24) is 5.32 Å². The summed E-state index contributed by atoms with van der Waals surface area (Å²) in [6, 6.07) is 0. The van der Waals surface area contributed by atoms with Gasteiger partial charge in [-0.1, -0.05) is 13.3 Å². The Balaban J connectivity index is 2.26. The molecule has 1 heterocycles. The molecule has 0 aromatic heterocycles. The van der Waals surface area contributed by atoms with Crippen LogP contribution in [0.25, 0.3) is 0 Å². The van der Waals surface area contributed by atoms with E-state index in [1.807, 2.05) is 0 Å². The van der Waals surface area contributed by atoms with E-state index in [0.29, 0.717) is 0 Å². The third-order valence-corrected chi connectivity index (χ3v) is 1.94. The molecule has 9 heavy (non-hydrogen) atoms. The molecule has 1 unspecified atom stereocenters. The topological polar surface area (TPSA) is 29.1 Å². The largest absolute Gasteiger partial charge is 0.356 e. The van der Waals surface area contributed by atoms with E-state index in [4.69, 9.17) is 0 Å². The van der Waals surface area contributed by atoms with E-state index in [-0.39, 0.29) is 5.91 Å². The van der Waals surface area contributed by atoms with Crippen LogP contribution >= 0.6 is 0 Å². The molecule has 1 atom stereocenters. The number of piperidine rings is 1. The summed E-state index contributed by atoms with van der Waals surface area (Å²) < 4.78 is 0. The molecule has 0 aliphatic carbocycles. The van der Waals surface area contributed by atoms with Gasteiger partial charge in [-0.2, -0.15) is 0 Å². The SMILES string of the molecule is CCC1CCC(=O)NC1. The van der Waals surface area contributed by atoms with Crippen molar-refractivity contribution in [3.8, 4) is 0 Å². The van der Waals surface area contributed by atoms with E-state index in [1.165, 1.54) is 6.42 Å². The van der Waals surface area contributed by atoms with Gasteiger partial charge in [-0.3, -0.25) is 4.79 Å². The third kappa shape index (κ3) is 1.70. The minimum absolute atomic E-state index is 0.222. The van der Waals surface area contributed by atoms with E-state index >= 15 is 0 Å². The first kappa shape index (κ1) is 6.59. The molecule has 2 nitrogen and oxygen atoms in total. The van der Waals surface area contributed by atoms with Crippen molar-refractivity contribution in [2.45, 2.75) is 26.2 Å². The number of carbonyl (C=O) groups is 1. The normalized spacial score (nSPS) is 27.7. The summed E-state index contributed by atoms with van der Waals surface area (Å²) in [5, 5.41) is 2.84. The molecule has 1 fully saturated rings. The smallest absolute Gasteiger partial charge is 0.220 e. The molecule has 0 aromatic rings. The molecule has 0 aromatic carbocycles. The first-order valence-electron chi connectivity index (χ1n) is 3.59. The number of nitrogens with one attached hydrogen (secondary N) is 1. The molecule has 1 rings (SSSR count). The molecule has 2 heteroatoms. The number of carbonyl (C=O) groups excluding carboxylic acids is 1. The van der Waals surface area contributed by atoms with E-state index in [1.54, 1.807) is 0 Å². The Bertz CT molecular complexity index is 101. The fourth-order valence-corrected chi connectivity index (χ4v) is 1.13. The maximum Gasteiger partial charge on any atom is 0.220 e. The molecule has 0 spiro atoms. The highest BCUT2D eigenvalue weighted by molar-refractivity contribution is 5.76. The van der Waals surface area contributed by atoms with Crippen molar-refractivity contribution in [3.63, 3.8) is 0 Å². The first-order chi connectivity index (χ1) is 4.33. The summed E-state index contributed by atoms with van der Waals surface area (Å²) >= 11 is 0. The lowest BCUT2D eigenvalue weighted by Gasteiger charge is -2.20. The Morgan fingerprint density at radius 3 is 3.00 bits per heavy atom. The van der Waals surface area contributed by atoms with Crippen LogP contribution in [0.5, 0.6) is 0 Å². The molecule has 1 saturated heterocycles. The summed E-state index contributed by atoms with van der Waals surface area (Å²) in [5.41, 5.74) is 0. The third-order valence-electron chi connectivity index (χ3n) is 1.94. The lowest BCUT2D eigenvalue weighted by molar-refractivity contribution is -0.122. The van der Waals surface area contributed by atoms with E-state index in [9.17, 15) is 4.79 Å². The van der Waals surface area contributed by atoms with Crippen LogP contribution in [0.1, 0.15) is 26.2 Å². The van der Waals surface area contributed by atoms with Crippen LogP contribution in [-0.2, 0) is 4.79 Å². The quantitative estimate of drug-likeness (QED) is 0.557. The van der Waals surface area contributed by atoms with Gasteiger partial charge in [0.1, 0.15) is 0 Å². The minimum atomic E-state index is 0.222. The Morgan fingerprint density at radius 1 is 1.78 bits per heavy atom. The molecule has 52 valence electrons. The summed E-state index contributed by atoms with van der Waals surface area (Å²) in [6.45, 7) is 3.07. The van der Waals surface area contributed by atoms with Crippen molar-refractivity contribution >= 4 is 5.91 Å². The molecule has 0 radical (unpaired) electrons. The second-order valence-corrected chi connectivity index (χ2v) is 2.62. The van der Waals surface area contributed by atoms with Crippen molar-refractivity contribution in [2.75, 3.05) is 6.54 Å². The van der Waals surface area contributed by atoms with Crippen molar-refractivity contribution < 1.29 is 4.79 Å². The fraction of sp³-hybridized carbons (Fsp3) is 0.857. The van der Waals surface area contributed by atoms with Gasteiger partial charge in [-0.15, -0.1) is 0 Å². The van der Waals surface area contributed by atoms with Crippen LogP contribution in [0, 0.1) is 5.92 Å². The zero-order chi connectivity index (χ0) is 6.69. The predicted octanol–water partition coefficient (Wildman–Crippen LogP) is 0.923. The molecule has 1 amide bonds. The molecule has 0 bridgehead atoms. The molecule has 1 N–H and O–H groups in total. The second kappa shape index (κ2) is 2.85. The average Bonchev–Trinajstić information content (AvgIpc) is 1.90. The van der Waals surface area contributed by atoms with Gasteiger partial charge in [0.25, 0.3) is 0 Å². The van der Waals surface area contributed by atoms with E-state index in [2.05, 4.69) is 12.2 Å². The minimum Gasteiger partial charge on any atom is -0.356 e. The van der Waals surface area contributed by atoms with Crippen molar-refractivity contribution in [3.05, 3.63) is 0 Å². The predicted molar refractivity (Wildman–Crippen MR) is 36.0 cm³/mol. The lowest BCUT2D eigenvalue weighted by atomic mass is 9.97. The zero-order valence-corrected chi connectivity index (χ0v) is 5.81. The lowest BCUT2D eigenvalue weighted by Crippen LogP contribution is -2.34. The number of rotatable bonds is 1. The van der Waals surface area contributed by atoms with Gasteiger partial charge < -0.3 is 5.32 Å². The van der Waals surface area contributed by atoms with Crippen LogP contribution in [0.15, 0.2) is 0 Å². The maximum atomic E-state index is 10.6. The van der Waals surface area contributed by atoms with Gasteiger partial charge in [0.05, 0.1) is 0 Å². The van der Waals surface area contributed by atoms with Crippen LogP contribution in [-0.4, -0.2) is 12.5 Å². The number of hydrogen-bond acceptors (Lipinski definition) is 1. The Kier molecular flexibility index (Phi) is 2.09. The summed E-state index contributed by atoms with van der Waals surface area (Å²) in [7, 11) is 0. The van der Waals surface area contributed by atoms with Gasteiger partial charge in [0.2, 0.25) is 5.91 Å². The van der Waals surface area contributed by atoms with Gasteiger partial charge >= 0.3 is 0 Å². The summed E-state index contributed by atoms with van der Waals surface area (Å²) in [6.07, 6.45) is 3.01. The molecule has 1 aliphatic rings. The molecular weight excluding hydrogens is 114 g/mol. The monoisotopic (exact) mass is 127 g/mol. The second-order valence-electron chi connectivity index (χ2n) is 2.62. The van der Waals surface area contributed by atoms with Gasteiger partial charge in [0, 0.05) is 13.0 Å². The van der Waals surface area contributed by atoms with E-state index < -0.39 is 0 Å². The Morgan fingerprint density at radius 2 is 2.56 bits per heavy atom. The first-order valence-corrected chi connectivity index (χ1v) is 3.59. The summed E-state index contributed by atoms with van der Waals surface area (Å²) in [4.78, 5) is 10.6. The van der Waals surface area contributed by atoms with Gasteiger partial charge in [-0.25, -0.2) is 0 Å². The molecule has 1 aliphatic heterocycles. The zero-order valence-electron chi connectivity index (χ0n) is 5.81. The number of hydrogen-bond donors (Lipinski definition) is 1. The highest BCUT2D eigenvalue weighted by Gasteiger charge is 2.15. The van der Waals surface area contributed by atoms with Crippen molar-refractivity contribution in [2.24, 2.45) is 5.92 Å². The van der Waals surface area contributed by atoms with Crippen LogP contribution < -0.4 is 5.32 Å². The van der Waals surface area contributed by atoms with Crippen LogP contribution in [0.3, 0.4) is 0 Å². The maximum absolute atomic E-state index is 10.6. The van der Waals surface area contributed by atoms with Gasteiger partial charge in [-0.05, 0) is 12.3 Å². The molecular formula is C7H13NO. The Labute approximate surface area is 55.6 Å². The van der Waals surface area contributed by atoms with Gasteiger partial charge in [0.15, 0.2) is 0 Å². The summed E-state index contributed by atoms with van der Waals surface area (Å²) in [5.74, 6) is 0.961. The van der Waals surface area contributed by atoms with Crippen LogP contribution in [0.4, 0.5) is 0 Å². The fourth-order valence-electron chi connectivity index (χ4n) is 1.13. The average molecular weight is 127 g/mol. The highest BCUT2D eigenvalue weighted by atomic mass is 16.1.